The zero-order valence-electron chi connectivity index (χ0n) is 19.8. The minimum absolute atomic E-state index is 0.00768. The number of aryl methyl sites for hydroxylation is 2. The van der Waals surface area contributed by atoms with Gasteiger partial charge < -0.3 is 15.5 Å². The number of carboxylic acid groups (broad SMARTS) is 1. The molecule has 0 amide bonds. The fourth-order valence-corrected chi connectivity index (χ4v) is 6.04. The first-order chi connectivity index (χ1) is 17.9. The summed E-state index contributed by atoms with van der Waals surface area (Å²) in [5.74, 6) is -0.734. The molecule has 0 radical (unpaired) electrons. The van der Waals surface area contributed by atoms with Crippen molar-refractivity contribution < 1.29 is 28.2 Å². The summed E-state index contributed by atoms with van der Waals surface area (Å²) in [7, 11) is 0. The Morgan fingerprint density at radius 2 is 1.95 bits per heavy atom. The Bertz CT molecular complexity index is 1560. The van der Waals surface area contributed by atoms with Crippen molar-refractivity contribution in [3.05, 3.63) is 86.1 Å². The fourth-order valence-electron chi connectivity index (χ4n) is 4.51. The number of anilines is 2. The Kier molecular flexibility index (Phi) is 6.74. The van der Waals surface area contributed by atoms with Crippen molar-refractivity contribution in [1.82, 2.24) is 15.0 Å². The number of carbonyl (C=O) groups is 1. The molecule has 12 heteroatoms. The summed E-state index contributed by atoms with van der Waals surface area (Å²) in [5.41, 5.74) is 0.617. The quantitative estimate of drug-likeness (QED) is 0.232. The predicted octanol–water partition coefficient (Wildman–Crippen LogP) is 6.70. The molecule has 196 valence electrons. The van der Waals surface area contributed by atoms with Gasteiger partial charge in [0.25, 0.3) is 0 Å². The van der Waals surface area contributed by atoms with Gasteiger partial charge >= 0.3 is 12.1 Å². The lowest BCUT2D eigenvalue weighted by molar-refractivity contribution is -0.137. The maximum atomic E-state index is 13.1. The van der Waals surface area contributed by atoms with Crippen molar-refractivity contribution in [2.75, 3.05) is 5.32 Å². The van der Waals surface area contributed by atoms with Gasteiger partial charge in [-0.15, -0.1) is 11.3 Å². The van der Waals surface area contributed by atoms with Gasteiger partial charge in [-0.3, -0.25) is 0 Å². The molecular formula is C26H20BrF3N4O3S. The zero-order chi connectivity index (χ0) is 27.2. The van der Waals surface area contributed by atoms with Crippen molar-refractivity contribution in [2.24, 2.45) is 0 Å². The number of thiazole rings is 1. The number of pyridine rings is 2. The molecule has 0 unspecified atom stereocenters. The third-order valence-corrected chi connectivity index (χ3v) is 8.11. The van der Waals surface area contributed by atoms with E-state index >= 15 is 0 Å². The molecule has 1 aliphatic carbocycles. The van der Waals surface area contributed by atoms with Gasteiger partial charge in [0, 0.05) is 16.9 Å². The molecule has 1 atom stereocenters. The fraction of sp³-hybridized carbons (Fsp3) is 0.231. The van der Waals surface area contributed by atoms with Gasteiger partial charge in [0.2, 0.25) is 0 Å². The van der Waals surface area contributed by atoms with Gasteiger partial charge in [-0.2, -0.15) is 13.2 Å². The summed E-state index contributed by atoms with van der Waals surface area (Å²) < 4.78 is 39.6. The van der Waals surface area contributed by atoms with Crippen LogP contribution in [0, 0.1) is 6.92 Å². The van der Waals surface area contributed by atoms with E-state index in [0.717, 1.165) is 29.5 Å². The first-order valence-electron chi connectivity index (χ1n) is 11.5. The van der Waals surface area contributed by atoms with Crippen LogP contribution in [0.15, 0.2) is 53.3 Å². The largest absolute Gasteiger partial charge is 0.478 e. The summed E-state index contributed by atoms with van der Waals surface area (Å²) in [4.78, 5) is 25.2. The lowest BCUT2D eigenvalue weighted by Gasteiger charge is -2.33. The molecule has 0 bridgehead atoms. The van der Waals surface area contributed by atoms with Crippen molar-refractivity contribution >= 4 is 44.9 Å². The van der Waals surface area contributed by atoms with E-state index in [1.807, 2.05) is 13.0 Å². The summed E-state index contributed by atoms with van der Waals surface area (Å²) in [6.07, 6.45) is -0.104. The molecule has 0 saturated carbocycles. The third kappa shape index (κ3) is 5.03. The highest BCUT2D eigenvalue weighted by atomic mass is 79.9. The van der Waals surface area contributed by atoms with E-state index in [0.29, 0.717) is 50.7 Å². The number of carboxylic acids is 1. The van der Waals surface area contributed by atoms with Crippen molar-refractivity contribution in [1.29, 1.82) is 0 Å². The van der Waals surface area contributed by atoms with Gasteiger partial charge in [0.15, 0.2) is 0 Å². The van der Waals surface area contributed by atoms with Crippen LogP contribution < -0.4 is 5.32 Å². The van der Waals surface area contributed by atoms with Crippen LogP contribution in [0.5, 0.6) is 0 Å². The van der Waals surface area contributed by atoms with Crippen molar-refractivity contribution in [2.45, 2.75) is 38.0 Å². The van der Waals surface area contributed by atoms with Crippen LogP contribution in [0.25, 0.3) is 10.6 Å². The highest BCUT2D eigenvalue weighted by molar-refractivity contribution is 9.10. The minimum Gasteiger partial charge on any atom is -0.478 e. The number of rotatable bonds is 5. The first-order valence-corrected chi connectivity index (χ1v) is 13.1. The van der Waals surface area contributed by atoms with Crippen molar-refractivity contribution in [3.8, 4) is 10.6 Å². The summed E-state index contributed by atoms with van der Waals surface area (Å²) in [6, 6.07) is 8.55. The molecule has 0 saturated heterocycles. The smallest absolute Gasteiger partial charge is 0.416 e. The van der Waals surface area contributed by atoms with E-state index in [4.69, 9.17) is 0 Å². The Labute approximate surface area is 227 Å². The first kappa shape index (κ1) is 26.3. The van der Waals surface area contributed by atoms with E-state index in [1.54, 1.807) is 24.4 Å². The van der Waals surface area contributed by atoms with Crippen molar-refractivity contribution in [3.63, 3.8) is 0 Å². The Morgan fingerprint density at radius 1 is 1.16 bits per heavy atom. The number of nitrogens with one attached hydrogen (secondary N) is 1. The summed E-state index contributed by atoms with van der Waals surface area (Å²) in [6.45, 7) is 1.83. The number of halogens is 4. The molecule has 4 aromatic rings. The van der Waals surface area contributed by atoms with Crippen LogP contribution in [-0.4, -0.2) is 31.1 Å². The third-order valence-electron chi connectivity index (χ3n) is 6.28. The maximum absolute atomic E-state index is 13.1. The van der Waals surface area contributed by atoms with Gasteiger partial charge in [0.05, 0.1) is 21.7 Å². The lowest BCUT2D eigenvalue weighted by atomic mass is 9.79. The SMILES string of the molecule is Cc1cc(Nc2cc(C(F)(F)F)ccn2)nc(-c2cnc([C@@]3(O)CCCc4cc(C(=O)O)c(Br)cc43)s2)c1. The number of hydrogen-bond donors (Lipinski definition) is 3. The van der Waals surface area contributed by atoms with E-state index in [1.165, 1.54) is 11.3 Å². The van der Waals surface area contributed by atoms with Gasteiger partial charge in [-0.05, 0) is 95.2 Å². The monoisotopic (exact) mass is 604 g/mol. The number of aliphatic hydroxyl groups is 1. The van der Waals surface area contributed by atoms with Gasteiger partial charge in [0.1, 0.15) is 22.2 Å². The lowest BCUT2D eigenvalue weighted by Crippen LogP contribution is -2.32. The predicted molar refractivity (Wildman–Crippen MR) is 140 cm³/mol. The average molecular weight is 605 g/mol. The highest BCUT2D eigenvalue weighted by Gasteiger charge is 2.40. The van der Waals surface area contributed by atoms with E-state index in [-0.39, 0.29) is 11.4 Å². The molecule has 3 heterocycles. The summed E-state index contributed by atoms with van der Waals surface area (Å²) >= 11 is 4.56. The highest BCUT2D eigenvalue weighted by Crippen LogP contribution is 2.45. The number of aromatic nitrogens is 3. The number of alkyl halides is 3. The standard InChI is InChI=1S/C26H20BrF3N4O3S/c1-13-7-19(33-22(8-13)34-21-10-15(4-6-31-21)26(28,29)30)20-12-32-24(38-20)25(37)5-2-3-14-9-16(23(35)36)18(27)11-17(14)25/h4,6-12,37H,2-3,5H2,1H3,(H,35,36)(H,31,33,34)/t25-/m1/s1. The second-order valence-corrected chi connectivity index (χ2v) is 10.9. The second-order valence-electron chi connectivity index (χ2n) is 9.01. The minimum atomic E-state index is -4.49. The van der Waals surface area contributed by atoms with E-state index < -0.39 is 23.3 Å². The molecule has 5 rings (SSSR count). The van der Waals surface area contributed by atoms with Crippen LogP contribution in [0.3, 0.4) is 0 Å². The van der Waals surface area contributed by atoms with Crippen LogP contribution >= 0.6 is 27.3 Å². The van der Waals surface area contributed by atoms with Crippen LogP contribution in [0.4, 0.5) is 24.8 Å². The number of benzene rings is 1. The molecule has 7 nitrogen and oxygen atoms in total. The Morgan fingerprint density at radius 3 is 2.68 bits per heavy atom. The number of fused-ring (bicyclic) bond motifs is 1. The Balaban J connectivity index is 1.47. The van der Waals surface area contributed by atoms with Crippen LogP contribution in [0.2, 0.25) is 0 Å². The number of aromatic carboxylic acids is 1. The molecule has 1 aliphatic rings. The molecule has 1 aromatic carbocycles. The topological polar surface area (TPSA) is 108 Å². The van der Waals surface area contributed by atoms with E-state index in [9.17, 15) is 28.2 Å². The molecule has 38 heavy (non-hydrogen) atoms. The number of hydrogen-bond acceptors (Lipinski definition) is 7. The van der Waals surface area contributed by atoms with E-state index in [2.05, 4.69) is 36.2 Å². The molecule has 3 N–H and O–H groups in total. The van der Waals surface area contributed by atoms with Gasteiger partial charge in [-0.25, -0.2) is 19.7 Å². The molecule has 0 spiro atoms. The number of nitrogens with zero attached hydrogens (tertiary/aromatic N) is 3. The summed E-state index contributed by atoms with van der Waals surface area (Å²) in [5, 5.41) is 24.5. The zero-order valence-corrected chi connectivity index (χ0v) is 22.2. The van der Waals surface area contributed by atoms with Gasteiger partial charge in [-0.1, -0.05) is 0 Å². The second kappa shape index (κ2) is 9.75. The molecule has 0 aliphatic heterocycles. The average Bonchev–Trinajstić information content (AvgIpc) is 3.35. The maximum Gasteiger partial charge on any atom is 0.416 e. The molecule has 0 fully saturated rings. The normalized spacial score (nSPS) is 17.2. The van der Waals surface area contributed by atoms with Crippen LogP contribution in [0.1, 0.15) is 50.5 Å². The molecule has 3 aromatic heterocycles. The Hall–Kier alpha value is -3.35. The molecular weight excluding hydrogens is 585 g/mol. The van der Waals surface area contributed by atoms with Crippen LogP contribution in [-0.2, 0) is 18.2 Å².